The van der Waals surface area contributed by atoms with Crippen LogP contribution in [0.5, 0.6) is 0 Å². The Bertz CT molecular complexity index is 2690. The Morgan fingerprint density at radius 2 is 0.857 bits per heavy atom. The molecule has 0 bridgehead atoms. The number of rotatable bonds is 3. The summed E-state index contributed by atoms with van der Waals surface area (Å²) in [5.41, 5.74) is 6.88. The van der Waals surface area contributed by atoms with Crippen molar-refractivity contribution in [2.75, 3.05) is 0 Å². The molecule has 0 aliphatic carbocycles. The van der Waals surface area contributed by atoms with Gasteiger partial charge in [-0.25, -0.2) is 13.2 Å². The van der Waals surface area contributed by atoms with Crippen molar-refractivity contribution in [1.29, 1.82) is 0 Å². The van der Waals surface area contributed by atoms with Crippen LogP contribution in [0.15, 0.2) is 133 Å². The Morgan fingerprint density at radius 1 is 0.408 bits per heavy atom. The second-order valence-corrected chi connectivity index (χ2v) is 14.1. The van der Waals surface area contributed by atoms with Crippen LogP contribution in [0.4, 0.5) is 13.2 Å². The lowest BCUT2D eigenvalue weighted by Crippen LogP contribution is -2.10. The van der Waals surface area contributed by atoms with Gasteiger partial charge in [-0.3, -0.25) is 0 Å². The predicted molar refractivity (Wildman–Crippen MR) is 200 cm³/mol. The molecule has 3 heteroatoms. The van der Waals surface area contributed by atoms with Crippen LogP contribution in [0.1, 0.15) is 26.3 Å². The molecule has 0 fully saturated rings. The van der Waals surface area contributed by atoms with Gasteiger partial charge in [0.25, 0.3) is 0 Å². The molecule has 9 rings (SSSR count). The fourth-order valence-electron chi connectivity index (χ4n) is 7.85. The van der Waals surface area contributed by atoms with E-state index in [1.807, 2.05) is 36.4 Å². The minimum Gasteiger partial charge on any atom is -0.204 e. The van der Waals surface area contributed by atoms with Gasteiger partial charge in [0, 0.05) is 0 Å². The third kappa shape index (κ3) is 4.45. The average molecular weight is 641 g/mol. The molecule has 0 radical (unpaired) electrons. The van der Waals surface area contributed by atoms with Gasteiger partial charge in [0.15, 0.2) is 17.5 Å². The van der Waals surface area contributed by atoms with E-state index in [9.17, 15) is 13.2 Å². The number of hydrogen-bond acceptors (Lipinski definition) is 0. The third-order valence-electron chi connectivity index (χ3n) is 10.2. The summed E-state index contributed by atoms with van der Waals surface area (Å²) >= 11 is 0. The number of benzene rings is 9. The molecule has 0 atom stereocenters. The van der Waals surface area contributed by atoms with Gasteiger partial charge < -0.3 is 0 Å². The monoisotopic (exact) mass is 640 g/mol. The first-order valence-corrected chi connectivity index (χ1v) is 16.6. The zero-order valence-corrected chi connectivity index (χ0v) is 27.3. The Labute approximate surface area is 282 Å². The van der Waals surface area contributed by atoms with Crippen LogP contribution >= 0.6 is 0 Å². The summed E-state index contributed by atoms with van der Waals surface area (Å²) in [5.74, 6) is -3.88. The molecular weight excluding hydrogens is 610 g/mol. The van der Waals surface area contributed by atoms with Crippen LogP contribution in [-0.2, 0) is 5.41 Å². The smallest absolute Gasteiger partial charge is 0.194 e. The molecule has 0 spiro atoms. The Kier molecular flexibility index (Phi) is 6.42. The second kappa shape index (κ2) is 10.7. The molecule has 9 aromatic rings. The summed E-state index contributed by atoms with van der Waals surface area (Å²) in [6.07, 6.45) is 0. The molecule has 236 valence electrons. The van der Waals surface area contributed by atoms with Gasteiger partial charge in [-0.05, 0) is 110 Å². The second-order valence-electron chi connectivity index (χ2n) is 14.1. The van der Waals surface area contributed by atoms with Crippen molar-refractivity contribution in [3.63, 3.8) is 0 Å². The number of hydrogen-bond donors (Lipinski definition) is 0. The maximum atomic E-state index is 14.6. The van der Waals surface area contributed by atoms with Crippen LogP contribution < -0.4 is 0 Å². The van der Waals surface area contributed by atoms with Crippen molar-refractivity contribution in [2.45, 2.75) is 26.2 Å². The first-order valence-electron chi connectivity index (χ1n) is 16.6. The van der Waals surface area contributed by atoms with E-state index in [2.05, 4.69) is 106 Å². The van der Waals surface area contributed by atoms with Gasteiger partial charge in [0.05, 0.1) is 0 Å². The molecule has 0 heterocycles. The normalized spacial score (nSPS) is 12.3. The molecule has 9 aromatic carbocycles. The molecule has 0 saturated heterocycles. The minimum atomic E-state index is -1.47. The lowest BCUT2D eigenvalue weighted by molar-refractivity contribution is 0.448. The lowest BCUT2D eigenvalue weighted by atomic mass is 9.82. The van der Waals surface area contributed by atoms with Crippen molar-refractivity contribution in [2.24, 2.45) is 0 Å². The largest absolute Gasteiger partial charge is 0.204 e. The van der Waals surface area contributed by atoms with Gasteiger partial charge in [-0.2, -0.15) is 0 Å². The van der Waals surface area contributed by atoms with Crippen molar-refractivity contribution >= 4 is 53.9 Å². The van der Waals surface area contributed by atoms with Crippen LogP contribution in [0.3, 0.4) is 0 Å². The Balaban J connectivity index is 1.35. The van der Waals surface area contributed by atoms with Gasteiger partial charge in [0.2, 0.25) is 0 Å². The van der Waals surface area contributed by atoms with Crippen LogP contribution in [0.2, 0.25) is 0 Å². The molecule has 0 aliphatic heterocycles. The van der Waals surface area contributed by atoms with Crippen LogP contribution in [0, 0.1) is 17.5 Å². The van der Waals surface area contributed by atoms with E-state index in [1.165, 1.54) is 43.6 Å². The van der Waals surface area contributed by atoms with Gasteiger partial charge in [-0.15, -0.1) is 0 Å². The summed E-state index contributed by atoms with van der Waals surface area (Å²) in [4.78, 5) is 0. The maximum absolute atomic E-state index is 14.6. The highest BCUT2D eigenvalue weighted by molar-refractivity contribution is 6.30. The van der Waals surface area contributed by atoms with Crippen LogP contribution in [-0.4, -0.2) is 0 Å². The van der Waals surface area contributed by atoms with E-state index in [1.54, 1.807) is 0 Å². The highest BCUT2D eigenvalue weighted by atomic mass is 19.2. The van der Waals surface area contributed by atoms with Crippen molar-refractivity contribution in [1.82, 2.24) is 0 Å². The average Bonchev–Trinajstić information content (AvgIpc) is 3.11. The fraction of sp³-hybridized carbons (Fsp3) is 0.0870. The molecule has 0 amide bonds. The molecule has 49 heavy (non-hydrogen) atoms. The standard InChI is InChI=1S/C46H31F3/c1-46(2,3)30-18-12-26(13-19-30)31-20-14-27-16-22-37-38(23-17-28-15-21-36(31)42(27)43(28)37)44-34-10-6-4-8-32(34)41(33-9-5-7-11-35(33)44)29-24-39(47)45(49)40(48)25-29/h4-25H,1-3H3. The van der Waals surface area contributed by atoms with E-state index in [0.717, 1.165) is 50.2 Å². The summed E-state index contributed by atoms with van der Waals surface area (Å²) in [6, 6.07) is 44.8. The molecular formula is C46H31F3. The molecule has 0 N–H and O–H groups in total. The Hall–Kier alpha value is -5.67. The summed E-state index contributed by atoms with van der Waals surface area (Å²) in [6.45, 7) is 6.70. The summed E-state index contributed by atoms with van der Waals surface area (Å²) in [5, 5.41) is 10.7. The Morgan fingerprint density at radius 3 is 1.37 bits per heavy atom. The van der Waals surface area contributed by atoms with Crippen molar-refractivity contribution < 1.29 is 13.2 Å². The quantitative estimate of drug-likeness (QED) is 0.102. The van der Waals surface area contributed by atoms with Crippen molar-refractivity contribution in [3.05, 3.63) is 156 Å². The zero-order chi connectivity index (χ0) is 33.6. The third-order valence-corrected chi connectivity index (χ3v) is 10.2. The highest BCUT2D eigenvalue weighted by Crippen LogP contribution is 2.48. The predicted octanol–water partition coefficient (Wildman–Crippen LogP) is 13.6. The van der Waals surface area contributed by atoms with Gasteiger partial charge in [-0.1, -0.05) is 142 Å². The van der Waals surface area contributed by atoms with Gasteiger partial charge in [0.1, 0.15) is 0 Å². The fourth-order valence-corrected chi connectivity index (χ4v) is 7.85. The molecule has 0 unspecified atom stereocenters. The first kappa shape index (κ1) is 29.5. The highest BCUT2D eigenvalue weighted by Gasteiger charge is 2.22. The van der Waals surface area contributed by atoms with Crippen LogP contribution in [0.25, 0.3) is 87.2 Å². The minimum absolute atomic E-state index is 0.0789. The van der Waals surface area contributed by atoms with Gasteiger partial charge >= 0.3 is 0 Å². The summed E-state index contributed by atoms with van der Waals surface area (Å²) < 4.78 is 43.3. The SMILES string of the molecule is CC(C)(C)c1ccc(-c2ccc3ccc4c(-c5c6ccccc6c(-c6cc(F)c(F)c(F)c6)c6ccccc56)ccc5ccc2c3c54)cc1. The van der Waals surface area contributed by atoms with E-state index in [4.69, 9.17) is 0 Å². The van der Waals surface area contributed by atoms with E-state index >= 15 is 0 Å². The zero-order valence-electron chi connectivity index (χ0n) is 27.3. The maximum Gasteiger partial charge on any atom is 0.194 e. The molecule has 0 nitrogen and oxygen atoms in total. The van der Waals surface area contributed by atoms with E-state index in [-0.39, 0.29) is 5.41 Å². The van der Waals surface area contributed by atoms with E-state index in [0.29, 0.717) is 11.1 Å². The van der Waals surface area contributed by atoms with Crippen molar-refractivity contribution in [3.8, 4) is 33.4 Å². The lowest BCUT2D eigenvalue weighted by Gasteiger charge is -2.21. The number of halogens is 3. The summed E-state index contributed by atoms with van der Waals surface area (Å²) in [7, 11) is 0. The topological polar surface area (TPSA) is 0 Å². The number of fused-ring (bicyclic) bond motifs is 2. The molecule has 0 aromatic heterocycles. The van der Waals surface area contributed by atoms with E-state index < -0.39 is 17.5 Å². The first-order chi connectivity index (χ1) is 23.7. The molecule has 0 aliphatic rings. The molecule has 0 saturated carbocycles.